The maximum Gasteiger partial charge on any atom is 0.0931 e. The first-order valence-electron chi connectivity index (χ1n) is 6.65. The summed E-state index contributed by atoms with van der Waals surface area (Å²) in [7, 11) is 0. The van der Waals surface area contributed by atoms with Crippen LogP contribution in [0.5, 0.6) is 0 Å². The normalized spacial score (nSPS) is 12.5. The van der Waals surface area contributed by atoms with Gasteiger partial charge in [0.05, 0.1) is 4.34 Å². The van der Waals surface area contributed by atoms with E-state index < -0.39 is 0 Å². The van der Waals surface area contributed by atoms with Crippen LogP contribution in [-0.4, -0.2) is 17.6 Å². The largest absolute Gasteiger partial charge is 0.313 e. The van der Waals surface area contributed by atoms with Crippen molar-refractivity contribution in [1.82, 2.24) is 10.3 Å². The molecule has 2 aromatic heterocycles. The fourth-order valence-corrected chi connectivity index (χ4v) is 3.21. The maximum absolute atomic E-state index is 5.99. The number of pyridine rings is 1. The third kappa shape index (κ3) is 4.94. The van der Waals surface area contributed by atoms with Crippen molar-refractivity contribution in [2.75, 3.05) is 6.54 Å². The van der Waals surface area contributed by atoms with Gasteiger partial charge in [-0.15, -0.1) is 11.3 Å². The van der Waals surface area contributed by atoms with Crippen LogP contribution in [0.4, 0.5) is 0 Å². The van der Waals surface area contributed by atoms with Gasteiger partial charge < -0.3 is 5.32 Å². The Balaban J connectivity index is 1.99. The smallest absolute Gasteiger partial charge is 0.0931 e. The fourth-order valence-electron chi connectivity index (χ4n) is 2.04. The van der Waals surface area contributed by atoms with Crippen LogP contribution in [0.3, 0.4) is 0 Å². The lowest BCUT2D eigenvalue weighted by atomic mass is 10.1. The summed E-state index contributed by atoms with van der Waals surface area (Å²) in [5.74, 6) is 0. The summed E-state index contributed by atoms with van der Waals surface area (Å²) in [4.78, 5) is 5.74. The minimum absolute atomic E-state index is 0.421. The monoisotopic (exact) mass is 294 g/mol. The van der Waals surface area contributed by atoms with E-state index in [2.05, 4.69) is 29.4 Å². The Bertz CT molecular complexity index is 484. The quantitative estimate of drug-likeness (QED) is 0.836. The summed E-state index contributed by atoms with van der Waals surface area (Å²) in [6.45, 7) is 3.23. The van der Waals surface area contributed by atoms with Gasteiger partial charge in [-0.1, -0.05) is 24.6 Å². The molecule has 4 heteroatoms. The second kappa shape index (κ2) is 7.63. The van der Waals surface area contributed by atoms with Crippen LogP contribution >= 0.6 is 22.9 Å². The molecule has 0 amide bonds. The molecule has 2 heterocycles. The molecule has 0 fully saturated rings. The second-order valence-electron chi connectivity index (χ2n) is 4.59. The first-order valence-corrected chi connectivity index (χ1v) is 7.85. The molecule has 0 saturated heterocycles. The molecule has 102 valence electrons. The number of aromatic nitrogens is 1. The SMILES string of the molecule is CCCNC(Cc1ccccn1)Cc1ccc(Cl)s1. The fraction of sp³-hybridized carbons (Fsp3) is 0.400. The molecule has 0 bridgehead atoms. The van der Waals surface area contributed by atoms with E-state index in [1.807, 2.05) is 24.4 Å². The molecule has 2 rings (SSSR count). The summed E-state index contributed by atoms with van der Waals surface area (Å²) in [6.07, 6.45) is 4.96. The van der Waals surface area contributed by atoms with E-state index in [1.54, 1.807) is 11.3 Å². The molecule has 0 aromatic carbocycles. The van der Waals surface area contributed by atoms with E-state index in [4.69, 9.17) is 11.6 Å². The van der Waals surface area contributed by atoms with Crippen LogP contribution in [0, 0.1) is 0 Å². The number of rotatable bonds is 7. The van der Waals surface area contributed by atoms with Crippen LogP contribution in [0.15, 0.2) is 36.5 Å². The van der Waals surface area contributed by atoms with Crippen LogP contribution in [0.2, 0.25) is 4.34 Å². The molecular formula is C15H19ClN2S. The Morgan fingerprint density at radius 2 is 2.16 bits per heavy atom. The van der Waals surface area contributed by atoms with Gasteiger partial charge in [0, 0.05) is 29.2 Å². The van der Waals surface area contributed by atoms with Crippen molar-refractivity contribution in [2.24, 2.45) is 0 Å². The Morgan fingerprint density at radius 1 is 1.26 bits per heavy atom. The van der Waals surface area contributed by atoms with Crippen LogP contribution in [0.1, 0.15) is 23.9 Å². The lowest BCUT2D eigenvalue weighted by Gasteiger charge is -2.17. The van der Waals surface area contributed by atoms with Crippen molar-refractivity contribution in [3.63, 3.8) is 0 Å². The number of hydrogen-bond acceptors (Lipinski definition) is 3. The average Bonchev–Trinajstić information content (AvgIpc) is 2.82. The standard InChI is InChI=1S/C15H19ClN2S/c1-2-8-17-13(10-12-5-3-4-9-18-12)11-14-6-7-15(16)19-14/h3-7,9,13,17H,2,8,10-11H2,1H3. The molecule has 2 aromatic rings. The predicted molar refractivity (Wildman–Crippen MR) is 83.1 cm³/mol. The highest BCUT2D eigenvalue weighted by molar-refractivity contribution is 7.16. The molecule has 0 aliphatic rings. The van der Waals surface area contributed by atoms with Crippen molar-refractivity contribution in [1.29, 1.82) is 0 Å². The Kier molecular flexibility index (Phi) is 5.83. The minimum atomic E-state index is 0.421. The predicted octanol–water partition coefficient (Wildman–Crippen LogP) is 3.95. The highest BCUT2D eigenvalue weighted by Crippen LogP contribution is 2.23. The van der Waals surface area contributed by atoms with Gasteiger partial charge >= 0.3 is 0 Å². The first kappa shape index (κ1) is 14.5. The number of nitrogens with one attached hydrogen (secondary N) is 1. The van der Waals surface area contributed by atoms with Crippen LogP contribution in [0.25, 0.3) is 0 Å². The van der Waals surface area contributed by atoms with Gasteiger partial charge in [0.25, 0.3) is 0 Å². The number of thiophene rings is 1. The Hall–Kier alpha value is -0.900. The average molecular weight is 295 g/mol. The topological polar surface area (TPSA) is 24.9 Å². The van der Waals surface area contributed by atoms with Gasteiger partial charge in [-0.2, -0.15) is 0 Å². The molecule has 1 N–H and O–H groups in total. The molecule has 1 unspecified atom stereocenters. The highest BCUT2D eigenvalue weighted by atomic mass is 35.5. The van der Waals surface area contributed by atoms with E-state index in [0.717, 1.165) is 35.8 Å². The zero-order chi connectivity index (χ0) is 13.5. The zero-order valence-corrected chi connectivity index (χ0v) is 12.7. The third-order valence-electron chi connectivity index (χ3n) is 2.94. The van der Waals surface area contributed by atoms with Crippen LogP contribution in [-0.2, 0) is 12.8 Å². The Morgan fingerprint density at radius 3 is 2.79 bits per heavy atom. The Labute approximate surface area is 123 Å². The van der Waals surface area contributed by atoms with Crippen molar-refractivity contribution >= 4 is 22.9 Å². The van der Waals surface area contributed by atoms with Gasteiger partial charge in [0.2, 0.25) is 0 Å². The summed E-state index contributed by atoms with van der Waals surface area (Å²) in [5.41, 5.74) is 1.14. The summed E-state index contributed by atoms with van der Waals surface area (Å²) >= 11 is 7.66. The third-order valence-corrected chi connectivity index (χ3v) is 4.19. The molecule has 0 saturated carbocycles. The van der Waals surface area contributed by atoms with Gasteiger partial charge in [-0.25, -0.2) is 0 Å². The molecule has 2 nitrogen and oxygen atoms in total. The number of halogens is 1. The number of hydrogen-bond donors (Lipinski definition) is 1. The zero-order valence-electron chi connectivity index (χ0n) is 11.1. The lowest BCUT2D eigenvalue weighted by molar-refractivity contribution is 0.503. The van der Waals surface area contributed by atoms with Crippen molar-refractivity contribution in [2.45, 2.75) is 32.2 Å². The van der Waals surface area contributed by atoms with Crippen molar-refractivity contribution in [3.8, 4) is 0 Å². The van der Waals surface area contributed by atoms with E-state index >= 15 is 0 Å². The molecule has 1 atom stereocenters. The molecule has 0 aliphatic carbocycles. The van der Waals surface area contributed by atoms with Gasteiger partial charge in [-0.3, -0.25) is 4.98 Å². The summed E-state index contributed by atoms with van der Waals surface area (Å²) in [6, 6.07) is 10.6. The molecule has 19 heavy (non-hydrogen) atoms. The van der Waals surface area contributed by atoms with Crippen molar-refractivity contribution < 1.29 is 0 Å². The van der Waals surface area contributed by atoms with Gasteiger partial charge in [0.15, 0.2) is 0 Å². The minimum Gasteiger partial charge on any atom is -0.313 e. The lowest BCUT2D eigenvalue weighted by Crippen LogP contribution is -2.33. The summed E-state index contributed by atoms with van der Waals surface area (Å²) in [5, 5.41) is 3.60. The highest BCUT2D eigenvalue weighted by Gasteiger charge is 2.12. The molecule has 0 aliphatic heterocycles. The van der Waals surface area contributed by atoms with Crippen molar-refractivity contribution in [3.05, 3.63) is 51.4 Å². The molecule has 0 spiro atoms. The molecular weight excluding hydrogens is 276 g/mol. The number of nitrogens with zero attached hydrogens (tertiary/aromatic N) is 1. The van der Waals surface area contributed by atoms with Gasteiger partial charge in [-0.05, 0) is 43.7 Å². The second-order valence-corrected chi connectivity index (χ2v) is 6.39. The van der Waals surface area contributed by atoms with E-state index in [0.29, 0.717) is 6.04 Å². The molecule has 0 radical (unpaired) electrons. The van der Waals surface area contributed by atoms with E-state index in [-0.39, 0.29) is 0 Å². The van der Waals surface area contributed by atoms with E-state index in [1.165, 1.54) is 4.88 Å². The van der Waals surface area contributed by atoms with Crippen LogP contribution < -0.4 is 5.32 Å². The first-order chi connectivity index (χ1) is 9.28. The maximum atomic E-state index is 5.99. The van der Waals surface area contributed by atoms with Gasteiger partial charge in [0.1, 0.15) is 0 Å². The summed E-state index contributed by atoms with van der Waals surface area (Å²) < 4.78 is 0.863. The van der Waals surface area contributed by atoms with E-state index in [9.17, 15) is 0 Å².